The van der Waals surface area contributed by atoms with Crippen molar-refractivity contribution in [1.29, 1.82) is 0 Å². The third kappa shape index (κ3) is 4.02. The van der Waals surface area contributed by atoms with E-state index in [2.05, 4.69) is 86.9 Å². The fourth-order valence-electron chi connectivity index (χ4n) is 2.25. The van der Waals surface area contributed by atoms with Crippen molar-refractivity contribution in [2.75, 3.05) is 6.54 Å². The highest BCUT2D eigenvalue weighted by Crippen LogP contribution is 2.28. The monoisotopic (exact) mass is 444 g/mol. The lowest BCUT2D eigenvalue weighted by atomic mass is 9.99. The summed E-state index contributed by atoms with van der Waals surface area (Å²) in [5.41, 5.74) is 3.70. The van der Waals surface area contributed by atoms with Crippen LogP contribution >= 0.6 is 38.5 Å². The topological polar surface area (TPSA) is 24.9 Å². The molecule has 0 bridgehead atoms. The summed E-state index contributed by atoms with van der Waals surface area (Å²) in [7, 11) is 0. The molecule has 0 aliphatic heterocycles. The molecule has 0 saturated carbocycles. The average molecular weight is 445 g/mol. The number of nitrogens with zero attached hydrogens (tertiary/aromatic N) is 1. The van der Waals surface area contributed by atoms with E-state index in [0.29, 0.717) is 0 Å². The zero-order chi connectivity index (χ0) is 14.5. The Morgan fingerprint density at radius 2 is 2.15 bits per heavy atom. The van der Waals surface area contributed by atoms with Crippen LogP contribution in [0.3, 0.4) is 0 Å². The summed E-state index contributed by atoms with van der Waals surface area (Å²) >= 11 is 6.03. The van der Waals surface area contributed by atoms with Gasteiger partial charge in [-0.1, -0.05) is 28.9 Å². The molecule has 106 valence electrons. The molecule has 0 amide bonds. The molecule has 0 fully saturated rings. The van der Waals surface area contributed by atoms with Gasteiger partial charge in [0.05, 0.1) is 0 Å². The standard InChI is InChI=1S/C16H18BrIN2/c1-3-19-16(10-15-11(2)5-4-8-20-15)13-9-12(18)6-7-14(13)17/h4-9,16,19H,3,10H2,1-2H3. The number of likely N-dealkylation sites (N-methyl/N-ethyl adjacent to an activating group) is 1. The van der Waals surface area contributed by atoms with E-state index in [0.717, 1.165) is 23.1 Å². The van der Waals surface area contributed by atoms with Crippen molar-refractivity contribution in [2.45, 2.75) is 26.3 Å². The summed E-state index contributed by atoms with van der Waals surface area (Å²) in [6, 6.07) is 10.8. The van der Waals surface area contributed by atoms with Crippen molar-refractivity contribution >= 4 is 38.5 Å². The number of rotatable bonds is 5. The van der Waals surface area contributed by atoms with Gasteiger partial charge in [-0.05, 0) is 71.5 Å². The van der Waals surface area contributed by atoms with E-state index in [1.54, 1.807) is 0 Å². The first-order valence-electron chi connectivity index (χ1n) is 6.70. The second-order valence-electron chi connectivity index (χ2n) is 4.75. The van der Waals surface area contributed by atoms with Gasteiger partial charge in [-0.15, -0.1) is 0 Å². The number of aryl methyl sites for hydroxylation is 1. The maximum absolute atomic E-state index is 4.52. The molecule has 1 aromatic carbocycles. The zero-order valence-corrected chi connectivity index (χ0v) is 15.4. The van der Waals surface area contributed by atoms with Crippen molar-refractivity contribution in [3.8, 4) is 0 Å². The van der Waals surface area contributed by atoms with Gasteiger partial charge in [0.2, 0.25) is 0 Å². The molecule has 1 atom stereocenters. The largest absolute Gasteiger partial charge is 0.310 e. The van der Waals surface area contributed by atoms with E-state index in [1.165, 1.54) is 14.7 Å². The minimum Gasteiger partial charge on any atom is -0.310 e. The van der Waals surface area contributed by atoms with Gasteiger partial charge in [0.25, 0.3) is 0 Å². The molecular formula is C16H18BrIN2. The molecule has 2 aromatic rings. The molecule has 0 aliphatic carbocycles. The van der Waals surface area contributed by atoms with Gasteiger partial charge in [-0.2, -0.15) is 0 Å². The fourth-order valence-corrected chi connectivity index (χ4v) is 3.28. The number of pyridine rings is 1. The second-order valence-corrected chi connectivity index (χ2v) is 6.85. The van der Waals surface area contributed by atoms with Gasteiger partial charge >= 0.3 is 0 Å². The van der Waals surface area contributed by atoms with Crippen LogP contribution in [0.2, 0.25) is 0 Å². The van der Waals surface area contributed by atoms with Gasteiger partial charge in [0, 0.05) is 32.4 Å². The third-order valence-electron chi connectivity index (χ3n) is 3.30. The molecule has 0 spiro atoms. The first-order chi connectivity index (χ1) is 9.61. The van der Waals surface area contributed by atoms with Gasteiger partial charge in [0.1, 0.15) is 0 Å². The Morgan fingerprint density at radius 3 is 2.85 bits per heavy atom. The predicted octanol–water partition coefficient (Wildman–Crippen LogP) is 4.65. The van der Waals surface area contributed by atoms with Crippen molar-refractivity contribution in [2.24, 2.45) is 0 Å². The quantitative estimate of drug-likeness (QED) is 0.679. The molecule has 0 radical (unpaired) electrons. The Balaban J connectivity index is 2.32. The maximum Gasteiger partial charge on any atom is 0.0451 e. The summed E-state index contributed by atoms with van der Waals surface area (Å²) in [5, 5.41) is 3.57. The van der Waals surface area contributed by atoms with Crippen LogP contribution in [0.5, 0.6) is 0 Å². The highest BCUT2D eigenvalue weighted by atomic mass is 127. The molecule has 4 heteroatoms. The Labute approximate surface area is 142 Å². The highest BCUT2D eigenvalue weighted by Gasteiger charge is 2.16. The number of hydrogen-bond acceptors (Lipinski definition) is 2. The maximum atomic E-state index is 4.52. The molecule has 2 rings (SSSR count). The lowest BCUT2D eigenvalue weighted by Gasteiger charge is -2.20. The molecule has 2 nitrogen and oxygen atoms in total. The van der Waals surface area contributed by atoms with Gasteiger partial charge in [0.15, 0.2) is 0 Å². The fraction of sp³-hybridized carbons (Fsp3) is 0.312. The molecule has 1 heterocycles. The number of aromatic nitrogens is 1. The zero-order valence-electron chi connectivity index (χ0n) is 11.7. The summed E-state index contributed by atoms with van der Waals surface area (Å²) in [6.45, 7) is 5.20. The minimum atomic E-state index is 0.276. The van der Waals surface area contributed by atoms with Crippen LogP contribution in [-0.2, 0) is 6.42 Å². The SMILES string of the molecule is CCNC(Cc1ncccc1C)c1cc(I)ccc1Br. The summed E-state index contributed by atoms with van der Waals surface area (Å²) in [5.74, 6) is 0. The van der Waals surface area contributed by atoms with E-state index in [9.17, 15) is 0 Å². The van der Waals surface area contributed by atoms with Crippen molar-refractivity contribution in [1.82, 2.24) is 10.3 Å². The van der Waals surface area contributed by atoms with E-state index in [-0.39, 0.29) is 6.04 Å². The molecule has 20 heavy (non-hydrogen) atoms. The molecule has 1 unspecified atom stereocenters. The lowest BCUT2D eigenvalue weighted by molar-refractivity contribution is 0.540. The summed E-state index contributed by atoms with van der Waals surface area (Å²) in [4.78, 5) is 4.52. The van der Waals surface area contributed by atoms with Crippen LogP contribution in [0.15, 0.2) is 41.0 Å². The van der Waals surface area contributed by atoms with Crippen LogP contribution < -0.4 is 5.32 Å². The van der Waals surface area contributed by atoms with Crippen LogP contribution in [0.1, 0.15) is 29.8 Å². The summed E-state index contributed by atoms with van der Waals surface area (Å²) < 4.78 is 2.40. The number of benzene rings is 1. The van der Waals surface area contributed by atoms with Crippen LogP contribution in [0, 0.1) is 10.5 Å². The Hall–Kier alpha value is -0.460. The molecular weight excluding hydrogens is 427 g/mol. The van der Waals surface area contributed by atoms with E-state index >= 15 is 0 Å². The molecule has 1 N–H and O–H groups in total. The first kappa shape index (κ1) is 15.9. The number of hydrogen-bond donors (Lipinski definition) is 1. The van der Waals surface area contributed by atoms with E-state index < -0.39 is 0 Å². The van der Waals surface area contributed by atoms with Crippen molar-refractivity contribution in [3.05, 3.63) is 61.4 Å². The van der Waals surface area contributed by atoms with Crippen LogP contribution in [0.4, 0.5) is 0 Å². The van der Waals surface area contributed by atoms with E-state index in [1.807, 2.05) is 12.3 Å². The highest BCUT2D eigenvalue weighted by molar-refractivity contribution is 14.1. The smallest absolute Gasteiger partial charge is 0.0451 e. The Bertz CT molecular complexity index is 586. The number of nitrogens with one attached hydrogen (secondary N) is 1. The normalized spacial score (nSPS) is 12.4. The first-order valence-corrected chi connectivity index (χ1v) is 8.57. The predicted molar refractivity (Wildman–Crippen MR) is 96.0 cm³/mol. The Morgan fingerprint density at radius 1 is 1.35 bits per heavy atom. The molecule has 0 saturated heterocycles. The summed E-state index contributed by atoms with van der Waals surface area (Å²) in [6.07, 6.45) is 2.77. The van der Waals surface area contributed by atoms with E-state index in [4.69, 9.17) is 0 Å². The van der Waals surface area contributed by atoms with Crippen molar-refractivity contribution in [3.63, 3.8) is 0 Å². The third-order valence-corrected chi connectivity index (χ3v) is 4.69. The van der Waals surface area contributed by atoms with Gasteiger partial charge in [-0.3, -0.25) is 4.98 Å². The second kappa shape index (κ2) is 7.52. The van der Waals surface area contributed by atoms with Gasteiger partial charge < -0.3 is 5.32 Å². The minimum absolute atomic E-state index is 0.276. The lowest BCUT2D eigenvalue weighted by Crippen LogP contribution is -2.24. The molecule has 0 aliphatic rings. The Kier molecular flexibility index (Phi) is 5.99. The van der Waals surface area contributed by atoms with Gasteiger partial charge in [-0.25, -0.2) is 0 Å². The van der Waals surface area contributed by atoms with Crippen LogP contribution in [0.25, 0.3) is 0 Å². The van der Waals surface area contributed by atoms with Crippen LogP contribution in [-0.4, -0.2) is 11.5 Å². The average Bonchev–Trinajstić information content (AvgIpc) is 2.43. The number of halogens is 2. The van der Waals surface area contributed by atoms with Crippen molar-refractivity contribution < 1.29 is 0 Å². The molecule has 1 aromatic heterocycles.